The average Bonchev–Trinajstić information content (AvgIpc) is 3.21. The summed E-state index contributed by atoms with van der Waals surface area (Å²) in [6.45, 7) is -0.0168. The van der Waals surface area contributed by atoms with Gasteiger partial charge in [-0.1, -0.05) is 12.1 Å². The number of esters is 1. The Kier molecular flexibility index (Phi) is 3.39. The van der Waals surface area contributed by atoms with E-state index in [2.05, 4.69) is 4.74 Å². The first kappa shape index (κ1) is 14.0. The van der Waals surface area contributed by atoms with Crippen LogP contribution >= 0.6 is 0 Å². The predicted molar refractivity (Wildman–Crippen MR) is 68.9 cm³/mol. The fraction of sp³-hybridized carbons (Fsp3) is 0.467. The van der Waals surface area contributed by atoms with E-state index < -0.39 is 17.6 Å². The van der Waals surface area contributed by atoms with Crippen molar-refractivity contribution in [1.29, 1.82) is 0 Å². The number of nitrogens with zero attached hydrogens (tertiary/aromatic N) is 1. The van der Waals surface area contributed by atoms with Gasteiger partial charge < -0.3 is 9.64 Å². The Morgan fingerprint density at radius 2 is 2.19 bits per heavy atom. The summed E-state index contributed by atoms with van der Waals surface area (Å²) in [5, 5.41) is 0. The van der Waals surface area contributed by atoms with E-state index in [9.17, 15) is 18.4 Å². The molecular weight excluding hydrogens is 280 g/mol. The van der Waals surface area contributed by atoms with Crippen molar-refractivity contribution in [3.05, 3.63) is 35.4 Å². The third-order valence-corrected chi connectivity index (χ3v) is 4.31. The molecule has 0 N–H and O–H groups in total. The number of halogens is 2. The lowest BCUT2D eigenvalue weighted by Crippen LogP contribution is -2.38. The molecule has 1 heterocycles. The summed E-state index contributed by atoms with van der Waals surface area (Å²) in [5.74, 6) is -2.30. The summed E-state index contributed by atoms with van der Waals surface area (Å²) >= 11 is 0. The van der Waals surface area contributed by atoms with Crippen molar-refractivity contribution in [2.24, 2.45) is 11.8 Å². The highest BCUT2D eigenvalue weighted by atomic mass is 19.2. The van der Waals surface area contributed by atoms with Gasteiger partial charge in [0.2, 0.25) is 5.91 Å². The number of piperidine rings is 1. The first-order valence-electron chi connectivity index (χ1n) is 6.83. The van der Waals surface area contributed by atoms with Gasteiger partial charge >= 0.3 is 5.97 Å². The van der Waals surface area contributed by atoms with Crippen molar-refractivity contribution in [3.63, 3.8) is 0 Å². The average molecular weight is 295 g/mol. The molecule has 6 heteroatoms. The molecule has 0 bridgehead atoms. The number of likely N-dealkylation sites (tertiary alicyclic amines) is 1. The molecule has 21 heavy (non-hydrogen) atoms. The minimum atomic E-state index is -0.942. The van der Waals surface area contributed by atoms with Crippen molar-refractivity contribution in [2.75, 3.05) is 7.11 Å². The zero-order valence-corrected chi connectivity index (χ0v) is 11.5. The molecular formula is C15H15F2NO3. The fourth-order valence-corrected chi connectivity index (χ4v) is 3.10. The maximum Gasteiger partial charge on any atom is 0.307 e. The molecule has 4 nitrogen and oxygen atoms in total. The van der Waals surface area contributed by atoms with Crippen LogP contribution in [0.15, 0.2) is 18.2 Å². The highest BCUT2D eigenvalue weighted by molar-refractivity contribution is 5.86. The van der Waals surface area contributed by atoms with Crippen LogP contribution in [0.2, 0.25) is 0 Å². The Hall–Kier alpha value is -1.98. The largest absolute Gasteiger partial charge is 0.469 e. The second-order valence-electron chi connectivity index (χ2n) is 5.53. The summed E-state index contributed by atoms with van der Waals surface area (Å²) in [4.78, 5) is 25.1. The number of carbonyl (C=O) groups excluding carboxylic acids is 2. The number of fused-ring (bicyclic) bond motifs is 1. The second kappa shape index (κ2) is 5.09. The number of hydrogen-bond donors (Lipinski definition) is 0. The quantitative estimate of drug-likeness (QED) is 0.797. The minimum Gasteiger partial charge on any atom is -0.469 e. The third-order valence-electron chi connectivity index (χ3n) is 4.31. The molecule has 0 radical (unpaired) electrons. The van der Waals surface area contributed by atoms with Gasteiger partial charge in [0.1, 0.15) is 0 Å². The van der Waals surface area contributed by atoms with Crippen molar-refractivity contribution >= 4 is 11.9 Å². The number of carbonyl (C=O) groups is 2. The van der Waals surface area contributed by atoms with Crippen LogP contribution in [0.1, 0.15) is 18.4 Å². The Morgan fingerprint density at radius 1 is 1.43 bits per heavy atom. The van der Waals surface area contributed by atoms with E-state index in [1.165, 1.54) is 24.1 Å². The van der Waals surface area contributed by atoms with Crippen LogP contribution in [0, 0.1) is 23.5 Å². The van der Waals surface area contributed by atoms with Crippen molar-refractivity contribution in [1.82, 2.24) is 4.90 Å². The third kappa shape index (κ3) is 2.39. The Bertz CT molecular complexity index is 605. The van der Waals surface area contributed by atoms with Gasteiger partial charge in [0.25, 0.3) is 0 Å². The first-order chi connectivity index (χ1) is 10.0. The second-order valence-corrected chi connectivity index (χ2v) is 5.53. The molecule has 2 aliphatic rings. The predicted octanol–water partition coefficient (Wildman–Crippen LogP) is 1.87. The Morgan fingerprint density at radius 3 is 2.90 bits per heavy atom. The lowest BCUT2D eigenvalue weighted by atomic mass is 10.1. The number of rotatable bonds is 4. The van der Waals surface area contributed by atoms with Gasteiger partial charge in [-0.2, -0.15) is 0 Å². The van der Waals surface area contributed by atoms with Crippen molar-refractivity contribution < 1.29 is 23.1 Å². The molecule has 0 spiro atoms. The van der Waals surface area contributed by atoms with Gasteiger partial charge in [-0.15, -0.1) is 0 Å². The normalized spacial score (nSPS) is 26.7. The zero-order chi connectivity index (χ0) is 15.1. The maximum absolute atomic E-state index is 13.7. The van der Waals surface area contributed by atoms with Crippen molar-refractivity contribution in [3.8, 4) is 0 Å². The van der Waals surface area contributed by atoms with Crippen LogP contribution in [0.3, 0.4) is 0 Å². The number of ether oxygens (including phenoxy) is 1. The number of methoxy groups -OCH3 is 1. The van der Waals surface area contributed by atoms with E-state index >= 15 is 0 Å². The van der Waals surface area contributed by atoms with E-state index in [1.54, 1.807) is 0 Å². The maximum atomic E-state index is 13.7. The molecule has 3 atom stereocenters. The van der Waals surface area contributed by atoms with Gasteiger partial charge in [0.15, 0.2) is 11.6 Å². The van der Waals surface area contributed by atoms with E-state index in [1.807, 2.05) is 0 Å². The van der Waals surface area contributed by atoms with Crippen molar-refractivity contribution in [2.45, 2.75) is 25.4 Å². The summed E-state index contributed by atoms with van der Waals surface area (Å²) in [6, 6.07) is 3.61. The fourth-order valence-electron chi connectivity index (χ4n) is 3.10. The summed E-state index contributed by atoms with van der Waals surface area (Å²) < 4.78 is 31.6. The van der Waals surface area contributed by atoms with Crippen LogP contribution in [0.5, 0.6) is 0 Å². The molecule has 1 aromatic rings. The molecule has 2 fully saturated rings. The van der Waals surface area contributed by atoms with E-state index in [-0.39, 0.29) is 42.3 Å². The van der Waals surface area contributed by atoms with E-state index in [4.69, 9.17) is 0 Å². The molecule has 0 unspecified atom stereocenters. The molecule has 1 aromatic carbocycles. The standard InChI is InChI=1S/C15H15F2NO3/c1-21-13(19)6-12-9-5-10(9)15(20)18(12)7-8-3-2-4-11(16)14(8)17/h2-4,9-10,12H,5-7H2,1H3/t9-,10+,12+/m1/s1. The summed E-state index contributed by atoms with van der Waals surface area (Å²) in [5.41, 5.74) is 0.125. The number of benzene rings is 1. The summed E-state index contributed by atoms with van der Waals surface area (Å²) in [7, 11) is 1.29. The van der Waals surface area contributed by atoms with E-state index in [0.717, 1.165) is 12.5 Å². The molecule has 1 aliphatic heterocycles. The van der Waals surface area contributed by atoms with Gasteiger partial charge in [0.05, 0.1) is 13.5 Å². The molecule has 1 aliphatic carbocycles. The van der Waals surface area contributed by atoms with Crippen LogP contribution in [0.4, 0.5) is 8.78 Å². The van der Waals surface area contributed by atoms with Crippen LogP contribution in [-0.2, 0) is 20.9 Å². The van der Waals surface area contributed by atoms with Crippen LogP contribution in [-0.4, -0.2) is 29.9 Å². The van der Waals surface area contributed by atoms with E-state index in [0.29, 0.717) is 0 Å². The van der Waals surface area contributed by atoms with Gasteiger partial charge in [0, 0.05) is 24.1 Å². The van der Waals surface area contributed by atoms with Gasteiger partial charge in [-0.3, -0.25) is 9.59 Å². The molecule has 1 saturated heterocycles. The lowest BCUT2D eigenvalue weighted by molar-refractivity contribution is -0.143. The van der Waals surface area contributed by atoms with Gasteiger partial charge in [-0.25, -0.2) is 8.78 Å². The molecule has 3 rings (SSSR count). The first-order valence-corrected chi connectivity index (χ1v) is 6.83. The highest BCUT2D eigenvalue weighted by Gasteiger charge is 2.58. The Labute approximate surface area is 120 Å². The zero-order valence-electron chi connectivity index (χ0n) is 11.5. The molecule has 1 amide bonds. The number of hydrogen-bond acceptors (Lipinski definition) is 3. The minimum absolute atomic E-state index is 0.0168. The summed E-state index contributed by atoms with van der Waals surface area (Å²) in [6.07, 6.45) is 0.864. The van der Waals surface area contributed by atoms with Gasteiger partial charge in [-0.05, 0) is 18.4 Å². The SMILES string of the molecule is COC(=O)C[C@H]1[C@@H]2C[C@@H]2C(=O)N1Cc1cccc(F)c1F. The van der Waals surface area contributed by atoms with Crippen LogP contribution < -0.4 is 0 Å². The molecule has 1 saturated carbocycles. The molecule has 112 valence electrons. The lowest BCUT2D eigenvalue weighted by Gasteiger charge is -2.27. The Balaban J connectivity index is 1.81. The highest BCUT2D eigenvalue weighted by Crippen LogP contribution is 2.52. The topological polar surface area (TPSA) is 46.6 Å². The number of amides is 1. The smallest absolute Gasteiger partial charge is 0.307 e. The monoisotopic (exact) mass is 295 g/mol. The molecule has 0 aromatic heterocycles. The van der Waals surface area contributed by atoms with Crippen LogP contribution in [0.25, 0.3) is 0 Å².